The average Bonchev–Trinajstić information content (AvgIpc) is 2.87. The van der Waals surface area contributed by atoms with E-state index in [-0.39, 0.29) is 11.9 Å². The highest BCUT2D eigenvalue weighted by atomic mass is 16.2. The van der Waals surface area contributed by atoms with Crippen LogP contribution in [0.15, 0.2) is 42.6 Å². The lowest BCUT2D eigenvalue weighted by Crippen LogP contribution is -2.47. The van der Waals surface area contributed by atoms with E-state index in [1.165, 1.54) is 36.9 Å². The van der Waals surface area contributed by atoms with Crippen LogP contribution in [0.3, 0.4) is 0 Å². The number of carbonyl (C=O) groups excluding carboxylic acids is 1. The maximum Gasteiger partial charge on any atom is 0.272 e. The van der Waals surface area contributed by atoms with Crippen LogP contribution in [-0.4, -0.2) is 59.5 Å². The molecule has 2 fully saturated rings. The van der Waals surface area contributed by atoms with Crippen molar-refractivity contribution < 1.29 is 4.79 Å². The molecule has 5 nitrogen and oxygen atoms in total. The SMILES string of the molecule is Cc1ccc(C(=O)N(Cc2ccc(N3CCCCC3)cc2)C2CCN(CCC(C)C)CC2)nc1. The Morgan fingerprint density at radius 3 is 2.32 bits per heavy atom. The standard InChI is InChI=1S/C29H42N4O/c1-23(2)13-18-31-19-14-27(15-20-31)33(29(34)28-12-7-24(3)21-30-28)22-25-8-10-26(11-9-25)32-16-5-4-6-17-32/h7-12,21,23,27H,4-6,13-20,22H2,1-3H3. The summed E-state index contributed by atoms with van der Waals surface area (Å²) in [5.74, 6) is 0.789. The van der Waals surface area contributed by atoms with Gasteiger partial charge in [-0.2, -0.15) is 0 Å². The molecular formula is C29H42N4O. The lowest BCUT2D eigenvalue weighted by molar-refractivity contribution is 0.0540. The molecule has 184 valence electrons. The van der Waals surface area contributed by atoms with Crippen molar-refractivity contribution in [3.05, 3.63) is 59.4 Å². The summed E-state index contributed by atoms with van der Waals surface area (Å²) in [5, 5.41) is 0. The van der Waals surface area contributed by atoms with Gasteiger partial charge in [0, 0.05) is 50.6 Å². The van der Waals surface area contributed by atoms with Crippen LogP contribution < -0.4 is 4.90 Å². The molecule has 4 rings (SSSR count). The molecule has 0 aliphatic carbocycles. The number of rotatable bonds is 8. The first-order chi connectivity index (χ1) is 16.5. The first-order valence-corrected chi connectivity index (χ1v) is 13.3. The van der Waals surface area contributed by atoms with E-state index >= 15 is 0 Å². The van der Waals surface area contributed by atoms with E-state index < -0.39 is 0 Å². The number of carbonyl (C=O) groups is 1. The fourth-order valence-corrected chi connectivity index (χ4v) is 5.16. The first kappa shape index (κ1) is 24.7. The average molecular weight is 463 g/mol. The van der Waals surface area contributed by atoms with Gasteiger partial charge in [0.05, 0.1) is 0 Å². The fraction of sp³-hybridized carbons (Fsp3) is 0.586. The predicted molar refractivity (Wildman–Crippen MR) is 140 cm³/mol. The zero-order valence-corrected chi connectivity index (χ0v) is 21.4. The molecule has 0 radical (unpaired) electrons. The summed E-state index contributed by atoms with van der Waals surface area (Å²) in [5.41, 5.74) is 4.14. The van der Waals surface area contributed by atoms with Crippen molar-refractivity contribution in [2.24, 2.45) is 5.92 Å². The molecule has 0 bridgehead atoms. The number of anilines is 1. The van der Waals surface area contributed by atoms with Gasteiger partial charge in [0.2, 0.25) is 0 Å². The van der Waals surface area contributed by atoms with Gasteiger partial charge in [-0.15, -0.1) is 0 Å². The summed E-state index contributed by atoms with van der Waals surface area (Å²) in [6.07, 6.45) is 9.00. The molecule has 3 heterocycles. The topological polar surface area (TPSA) is 39.7 Å². The second-order valence-corrected chi connectivity index (χ2v) is 10.6. The highest BCUT2D eigenvalue weighted by Gasteiger charge is 2.29. The van der Waals surface area contributed by atoms with Crippen molar-refractivity contribution in [1.82, 2.24) is 14.8 Å². The summed E-state index contributed by atoms with van der Waals surface area (Å²) in [4.78, 5) is 25.2. The van der Waals surface area contributed by atoms with Gasteiger partial charge in [-0.3, -0.25) is 9.78 Å². The largest absolute Gasteiger partial charge is 0.372 e. The Hall–Kier alpha value is -2.40. The molecule has 0 N–H and O–H groups in total. The van der Waals surface area contributed by atoms with E-state index in [2.05, 4.69) is 57.8 Å². The van der Waals surface area contributed by atoms with Crippen LogP contribution in [0.5, 0.6) is 0 Å². The molecule has 5 heteroatoms. The molecule has 2 aliphatic heterocycles. The normalized spacial score (nSPS) is 17.8. The fourth-order valence-electron chi connectivity index (χ4n) is 5.16. The molecule has 0 saturated carbocycles. The molecule has 0 spiro atoms. The Bertz CT molecular complexity index is 895. The molecule has 0 atom stereocenters. The van der Waals surface area contributed by atoms with Crippen LogP contribution in [0.1, 0.15) is 74.0 Å². The molecule has 1 aromatic carbocycles. The lowest BCUT2D eigenvalue weighted by atomic mass is 10.00. The molecule has 2 aromatic rings. The zero-order valence-electron chi connectivity index (χ0n) is 21.4. The smallest absolute Gasteiger partial charge is 0.272 e. The second kappa shape index (κ2) is 11.8. The maximum absolute atomic E-state index is 13.6. The highest BCUT2D eigenvalue weighted by Crippen LogP contribution is 2.24. The van der Waals surface area contributed by atoms with Gasteiger partial charge in [-0.1, -0.05) is 32.0 Å². The summed E-state index contributed by atoms with van der Waals surface area (Å²) >= 11 is 0. The van der Waals surface area contributed by atoms with Gasteiger partial charge in [0.25, 0.3) is 5.91 Å². The van der Waals surface area contributed by atoms with Crippen LogP contribution in [0, 0.1) is 12.8 Å². The van der Waals surface area contributed by atoms with Crippen LogP contribution in [0.25, 0.3) is 0 Å². The molecule has 0 unspecified atom stereocenters. The predicted octanol–water partition coefficient (Wildman–Crippen LogP) is 5.53. The number of aryl methyl sites for hydroxylation is 1. The monoisotopic (exact) mass is 462 g/mol. The van der Waals surface area contributed by atoms with E-state index in [4.69, 9.17) is 0 Å². The van der Waals surface area contributed by atoms with E-state index in [9.17, 15) is 4.79 Å². The van der Waals surface area contributed by atoms with Crippen molar-refractivity contribution >= 4 is 11.6 Å². The Morgan fingerprint density at radius 1 is 1.00 bits per heavy atom. The van der Waals surface area contributed by atoms with Crippen molar-refractivity contribution in [2.45, 2.75) is 71.9 Å². The van der Waals surface area contributed by atoms with Crippen molar-refractivity contribution in [2.75, 3.05) is 37.6 Å². The van der Waals surface area contributed by atoms with Crippen LogP contribution in [-0.2, 0) is 6.54 Å². The van der Waals surface area contributed by atoms with Gasteiger partial charge < -0.3 is 14.7 Å². The molecular weight excluding hydrogens is 420 g/mol. The number of hydrogen-bond acceptors (Lipinski definition) is 4. The second-order valence-electron chi connectivity index (χ2n) is 10.6. The quantitative estimate of drug-likeness (QED) is 0.517. The van der Waals surface area contributed by atoms with Crippen LogP contribution in [0.2, 0.25) is 0 Å². The number of benzene rings is 1. The molecule has 34 heavy (non-hydrogen) atoms. The lowest BCUT2D eigenvalue weighted by Gasteiger charge is -2.39. The number of pyridine rings is 1. The van der Waals surface area contributed by atoms with Crippen LogP contribution in [0.4, 0.5) is 5.69 Å². The van der Waals surface area contributed by atoms with Crippen LogP contribution >= 0.6 is 0 Å². The Kier molecular flexibility index (Phi) is 8.60. The molecule has 1 amide bonds. The van der Waals surface area contributed by atoms with Crippen molar-refractivity contribution in [1.29, 1.82) is 0 Å². The molecule has 1 aromatic heterocycles. The van der Waals surface area contributed by atoms with Gasteiger partial charge in [-0.05, 0) is 87.2 Å². The maximum atomic E-state index is 13.6. The number of amides is 1. The number of hydrogen-bond donors (Lipinski definition) is 0. The summed E-state index contributed by atoms with van der Waals surface area (Å²) in [6, 6.07) is 13.0. The number of piperidine rings is 2. The van der Waals surface area contributed by atoms with Gasteiger partial charge in [0.1, 0.15) is 5.69 Å². The van der Waals surface area contributed by atoms with E-state index in [0.717, 1.165) is 57.0 Å². The Morgan fingerprint density at radius 2 is 1.71 bits per heavy atom. The third-order valence-electron chi connectivity index (χ3n) is 7.42. The number of likely N-dealkylation sites (tertiary alicyclic amines) is 1. The van der Waals surface area contributed by atoms with Gasteiger partial charge in [-0.25, -0.2) is 0 Å². The van der Waals surface area contributed by atoms with Crippen molar-refractivity contribution in [3.63, 3.8) is 0 Å². The third kappa shape index (κ3) is 6.59. The van der Waals surface area contributed by atoms with E-state index in [0.29, 0.717) is 12.2 Å². The van der Waals surface area contributed by atoms with E-state index in [1.54, 1.807) is 6.20 Å². The zero-order chi connectivity index (χ0) is 23.9. The molecule has 2 aliphatic rings. The summed E-state index contributed by atoms with van der Waals surface area (Å²) in [6.45, 7) is 12.8. The van der Waals surface area contributed by atoms with Gasteiger partial charge in [0.15, 0.2) is 0 Å². The number of nitrogens with zero attached hydrogens (tertiary/aromatic N) is 4. The summed E-state index contributed by atoms with van der Waals surface area (Å²) in [7, 11) is 0. The molecule has 2 saturated heterocycles. The minimum atomic E-state index is 0.0562. The van der Waals surface area contributed by atoms with Crippen molar-refractivity contribution in [3.8, 4) is 0 Å². The minimum absolute atomic E-state index is 0.0562. The Balaban J connectivity index is 1.46. The first-order valence-electron chi connectivity index (χ1n) is 13.3. The third-order valence-corrected chi connectivity index (χ3v) is 7.42. The minimum Gasteiger partial charge on any atom is -0.372 e. The highest BCUT2D eigenvalue weighted by molar-refractivity contribution is 5.92. The Labute approximate surface area is 206 Å². The van der Waals surface area contributed by atoms with E-state index in [1.807, 2.05) is 19.1 Å². The number of aromatic nitrogens is 1. The van der Waals surface area contributed by atoms with Gasteiger partial charge >= 0.3 is 0 Å². The summed E-state index contributed by atoms with van der Waals surface area (Å²) < 4.78 is 0.